The van der Waals surface area contributed by atoms with Crippen LogP contribution >= 0.6 is 11.8 Å². The predicted molar refractivity (Wildman–Crippen MR) is 61.7 cm³/mol. The first-order valence-corrected chi connectivity index (χ1v) is 5.99. The Balaban J connectivity index is 2.12. The Bertz CT molecular complexity index is 428. The van der Waals surface area contributed by atoms with E-state index >= 15 is 0 Å². The number of cyclic esters (lactones) is 1. The molecule has 0 saturated carbocycles. The number of Topliss-reactive ketones (excluding diaryl/α,β-unsaturated/α-hetero) is 1. The third kappa shape index (κ3) is 2.44. The lowest BCUT2D eigenvalue weighted by Gasteiger charge is -2.06. The van der Waals surface area contributed by atoms with Crippen LogP contribution in [0.25, 0.3) is 0 Å². The van der Waals surface area contributed by atoms with Gasteiger partial charge in [0.2, 0.25) is 0 Å². The second kappa shape index (κ2) is 4.70. The zero-order valence-corrected chi connectivity index (χ0v) is 9.75. The molecule has 0 N–H and O–H groups in total. The van der Waals surface area contributed by atoms with E-state index < -0.39 is 0 Å². The number of carbonyl (C=O) groups is 2. The highest BCUT2D eigenvalue weighted by Crippen LogP contribution is 2.29. The van der Waals surface area contributed by atoms with E-state index in [4.69, 9.17) is 4.74 Å². The van der Waals surface area contributed by atoms with E-state index in [-0.39, 0.29) is 17.0 Å². The maximum Gasteiger partial charge on any atom is 0.319 e. The Morgan fingerprint density at radius 3 is 2.94 bits per heavy atom. The summed E-state index contributed by atoms with van der Waals surface area (Å²) in [5.41, 5.74) is 0.677. The highest BCUT2D eigenvalue weighted by Gasteiger charge is 2.27. The minimum atomic E-state index is -0.154. The van der Waals surface area contributed by atoms with E-state index in [9.17, 15) is 9.59 Å². The molecule has 1 aliphatic heterocycles. The first-order chi connectivity index (χ1) is 7.66. The van der Waals surface area contributed by atoms with Crippen LogP contribution in [-0.2, 0) is 9.53 Å². The summed E-state index contributed by atoms with van der Waals surface area (Å²) < 4.78 is 4.89. The van der Waals surface area contributed by atoms with Crippen LogP contribution in [0.15, 0.2) is 29.2 Å². The molecule has 0 amide bonds. The lowest BCUT2D eigenvalue weighted by Crippen LogP contribution is -2.09. The fraction of sp³-hybridized carbons (Fsp3) is 0.333. The smallest absolute Gasteiger partial charge is 0.319 e. The van der Waals surface area contributed by atoms with Gasteiger partial charge < -0.3 is 4.74 Å². The first-order valence-electron chi connectivity index (χ1n) is 5.11. The van der Waals surface area contributed by atoms with E-state index in [1.54, 1.807) is 6.07 Å². The SMILES string of the molecule is CC(=O)c1cccc(SC2CCOC2=O)c1. The molecule has 0 radical (unpaired) electrons. The van der Waals surface area contributed by atoms with Crippen LogP contribution in [0.2, 0.25) is 0 Å². The van der Waals surface area contributed by atoms with Gasteiger partial charge in [-0.3, -0.25) is 9.59 Å². The van der Waals surface area contributed by atoms with E-state index in [0.717, 1.165) is 11.3 Å². The molecule has 1 aromatic carbocycles. The van der Waals surface area contributed by atoms with Gasteiger partial charge in [0.15, 0.2) is 5.78 Å². The first kappa shape index (κ1) is 11.2. The molecule has 1 fully saturated rings. The Morgan fingerprint density at radius 2 is 2.31 bits per heavy atom. The van der Waals surface area contributed by atoms with Crippen molar-refractivity contribution in [2.75, 3.05) is 6.61 Å². The summed E-state index contributed by atoms with van der Waals surface area (Å²) in [7, 11) is 0. The lowest BCUT2D eigenvalue weighted by atomic mass is 10.2. The van der Waals surface area contributed by atoms with Crippen molar-refractivity contribution >= 4 is 23.5 Å². The number of hydrogen-bond acceptors (Lipinski definition) is 4. The van der Waals surface area contributed by atoms with Crippen molar-refractivity contribution < 1.29 is 14.3 Å². The van der Waals surface area contributed by atoms with Crippen LogP contribution < -0.4 is 0 Å². The lowest BCUT2D eigenvalue weighted by molar-refractivity contribution is -0.137. The molecular formula is C12H12O3S. The second-order valence-electron chi connectivity index (χ2n) is 3.65. The van der Waals surface area contributed by atoms with Gasteiger partial charge in [-0.05, 0) is 19.1 Å². The third-order valence-electron chi connectivity index (χ3n) is 2.41. The summed E-state index contributed by atoms with van der Waals surface area (Å²) in [6.07, 6.45) is 0.744. The van der Waals surface area contributed by atoms with E-state index in [1.807, 2.05) is 18.2 Å². The number of thioether (sulfide) groups is 1. The second-order valence-corrected chi connectivity index (χ2v) is 4.92. The number of ether oxygens (including phenoxy) is 1. The van der Waals surface area contributed by atoms with E-state index in [2.05, 4.69) is 0 Å². The zero-order chi connectivity index (χ0) is 11.5. The average Bonchev–Trinajstić information content (AvgIpc) is 2.65. The summed E-state index contributed by atoms with van der Waals surface area (Å²) in [5.74, 6) is -0.116. The highest BCUT2D eigenvalue weighted by atomic mass is 32.2. The van der Waals surface area contributed by atoms with Crippen LogP contribution in [0, 0.1) is 0 Å². The monoisotopic (exact) mass is 236 g/mol. The molecule has 1 heterocycles. The van der Waals surface area contributed by atoms with Gasteiger partial charge in [-0.1, -0.05) is 12.1 Å². The molecule has 0 spiro atoms. The Kier molecular flexibility index (Phi) is 3.29. The fourth-order valence-electron chi connectivity index (χ4n) is 1.54. The zero-order valence-electron chi connectivity index (χ0n) is 8.93. The molecule has 1 unspecified atom stereocenters. The van der Waals surface area contributed by atoms with E-state index in [1.165, 1.54) is 18.7 Å². The summed E-state index contributed by atoms with van der Waals surface area (Å²) >= 11 is 1.46. The van der Waals surface area contributed by atoms with E-state index in [0.29, 0.717) is 12.2 Å². The minimum Gasteiger partial charge on any atom is -0.465 e. The standard InChI is InChI=1S/C12H12O3S/c1-8(13)9-3-2-4-10(7-9)16-11-5-6-15-12(11)14/h2-4,7,11H,5-6H2,1H3. The maximum atomic E-state index is 11.3. The van der Waals surface area contributed by atoms with Gasteiger partial charge in [-0.15, -0.1) is 11.8 Å². The summed E-state index contributed by atoms with van der Waals surface area (Å²) in [4.78, 5) is 23.4. The average molecular weight is 236 g/mol. The van der Waals surface area contributed by atoms with Crippen molar-refractivity contribution in [1.29, 1.82) is 0 Å². The van der Waals surface area contributed by atoms with Crippen LogP contribution in [0.4, 0.5) is 0 Å². The van der Waals surface area contributed by atoms with Crippen molar-refractivity contribution in [3.63, 3.8) is 0 Å². The molecule has 0 bridgehead atoms. The molecule has 1 atom stereocenters. The van der Waals surface area contributed by atoms with Gasteiger partial charge >= 0.3 is 5.97 Å². The summed E-state index contributed by atoms with van der Waals surface area (Å²) in [6.45, 7) is 2.04. The van der Waals surface area contributed by atoms with Gasteiger partial charge in [0, 0.05) is 16.9 Å². The Morgan fingerprint density at radius 1 is 1.50 bits per heavy atom. The molecule has 0 aliphatic carbocycles. The molecule has 1 aliphatic rings. The van der Waals surface area contributed by atoms with Crippen LogP contribution in [0.1, 0.15) is 23.7 Å². The number of hydrogen-bond donors (Lipinski definition) is 0. The molecule has 3 nitrogen and oxygen atoms in total. The predicted octanol–water partition coefficient (Wildman–Crippen LogP) is 2.30. The number of ketones is 1. The number of carbonyl (C=O) groups excluding carboxylic acids is 2. The van der Waals surface area contributed by atoms with Gasteiger partial charge in [-0.2, -0.15) is 0 Å². The van der Waals surface area contributed by atoms with Crippen LogP contribution in [0.3, 0.4) is 0 Å². The van der Waals surface area contributed by atoms with Crippen LogP contribution in [-0.4, -0.2) is 23.6 Å². The number of benzene rings is 1. The highest BCUT2D eigenvalue weighted by molar-refractivity contribution is 8.00. The fourth-order valence-corrected chi connectivity index (χ4v) is 2.60. The number of rotatable bonds is 3. The molecule has 1 aromatic rings. The topological polar surface area (TPSA) is 43.4 Å². The van der Waals surface area contributed by atoms with Crippen molar-refractivity contribution in [3.8, 4) is 0 Å². The molecular weight excluding hydrogens is 224 g/mol. The molecule has 4 heteroatoms. The minimum absolute atomic E-state index is 0.0384. The quantitative estimate of drug-likeness (QED) is 0.596. The number of esters is 1. The van der Waals surface area contributed by atoms with Crippen molar-refractivity contribution in [1.82, 2.24) is 0 Å². The van der Waals surface area contributed by atoms with Crippen molar-refractivity contribution in [2.45, 2.75) is 23.5 Å². The van der Waals surface area contributed by atoms with Gasteiger partial charge in [0.05, 0.1) is 6.61 Å². The van der Waals surface area contributed by atoms with Gasteiger partial charge in [-0.25, -0.2) is 0 Å². The normalized spacial score (nSPS) is 19.6. The Labute approximate surface area is 98.2 Å². The Hall–Kier alpha value is -1.29. The summed E-state index contributed by atoms with van der Waals surface area (Å²) in [5, 5.41) is -0.123. The molecule has 16 heavy (non-hydrogen) atoms. The van der Waals surface area contributed by atoms with Gasteiger partial charge in [0.1, 0.15) is 5.25 Å². The molecule has 84 valence electrons. The third-order valence-corrected chi connectivity index (χ3v) is 3.64. The van der Waals surface area contributed by atoms with Gasteiger partial charge in [0.25, 0.3) is 0 Å². The largest absolute Gasteiger partial charge is 0.465 e. The van der Waals surface area contributed by atoms with Crippen LogP contribution in [0.5, 0.6) is 0 Å². The summed E-state index contributed by atoms with van der Waals surface area (Å²) in [6, 6.07) is 7.33. The molecule has 0 aromatic heterocycles. The maximum absolute atomic E-state index is 11.3. The molecule has 1 saturated heterocycles. The van der Waals surface area contributed by atoms with Crippen molar-refractivity contribution in [3.05, 3.63) is 29.8 Å². The molecule has 2 rings (SSSR count). The van der Waals surface area contributed by atoms with Crippen molar-refractivity contribution in [2.24, 2.45) is 0 Å².